The SMILES string of the molecule is C=C(C)C(=O)O[C@H]1C[C@@](C)(OC(C)=O)C(=O)CC[C@H](C)[C@H](O)[C@H]2OC(=O)C(=C)[C@@H]21. The molecule has 0 radical (unpaired) electrons. The second-order valence-corrected chi connectivity index (χ2v) is 8.10. The number of fused-ring (bicyclic) bond motifs is 1. The third-order valence-corrected chi connectivity index (χ3v) is 5.56. The van der Waals surface area contributed by atoms with Gasteiger partial charge in [-0.15, -0.1) is 0 Å². The van der Waals surface area contributed by atoms with Crippen molar-refractivity contribution in [2.24, 2.45) is 11.8 Å². The van der Waals surface area contributed by atoms with Crippen LogP contribution in [-0.4, -0.2) is 52.7 Å². The van der Waals surface area contributed by atoms with Crippen LogP contribution in [0.25, 0.3) is 0 Å². The molecular weight excluding hydrogens is 380 g/mol. The molecule has 1 N–H and O–H groups in total. The van der Waals surface area contributed by atoms with Crippen LogP contribution in [0, 0.1) is 11.8 Å². The summed E-state index contributed by atoms with van der Waals surface area (Å²) in [5.74, 6) is -3.77. The molecule has 29 heavy (non-hydrogen) atoms. The monoisotopic (exact) mass is 408 g/mol. The summed E-state index contributed by atoms with van der Waals surface area (Å²) in [4.78, 5) is 49.1. The van der Waals surface area contributed by atoms with Crippen molar-refractivity contribution in [3.63, 3.8) is 0 Å². The molecule has 0 bridgehead atoms. The van der Waals surface area contributed by atoms with Crippen LogP contribution in [0.5, 0.6) is 0 Å². The number of carbonyl (C=O) groups excluding carboxylic acids is 4. The molecule has 1 saturated heterocycles. The fourth-order valence-electron chi connectivity index (χ4n) is 3.84. The fraction of sp³-hybridized carbons (Fsp3) is 0.619. The maximum atomic E-state index is 12.9. The lowest BCUT2D eigenvalue weighted by molar-refractivity contribution is -0.174. The molecule has 2 aliphatic rings. The number of ether oxygens (including phenoxy) is 3. The summed E-state index contributed by atoms with van der Waals surface area (Å²) in [5, 5.41) is 10.8. The van der Waals surface area contributed by atoms with Gasteiger partial charge in [0.25, 0.3) is 0 Å². The van der Waals surface area contributed by atoms with Crippen LogP contribution in [0.2, 0.25) is 0 Å². The molecule has 0 spiro atoms. The maximum absolute atomic E-state index is 12.9. The van der Waals surface area contributed by atoms with Gasteiger partial charge in [0, 0.05) is 30.9 Å². The summed E-state index contributed by atoms with van der Waals surface area (Å²) in [5.41, 5.74) is -1.44. The smallest absolute Gasteiger partial charge is 0.334 e. The number of rotatable bonds is 3. The molecule has 2 rings (SSSR count). The Kier molecular flexibility index (Phi) is 6.67. The normalized spacial score (nSPS) is 35.3. The van der Waals surface area contributed by atoms with Crippen molar-refractivity contribution in [2.75, 3.05) is 0 Å². The van der Waals surface area contributed by atoms with Gasteiger partial charge in [-0.1, -0.05) is 20.1 Å². The third kappa shape index (κ3) is 4.75. The zero-order valence-corrected chi connectivity index (χ0v) is 17.2. The highest BCUT2D eigenvalue weighted by Gasteiger charge is 2.53. The standard InChI is InChI=1S/C21H28O8/c1-10(2)19(25)27-14-9-21(6,29-13(5)22)15(23)8-7-11(3)17(24)18-16(14)12(4)20(26)28-18/h11,14,16-18,24H,1,4,7-9H2,2-3,5-6H3/t11-,14-,16+,17-,18-,21+/m0/s1. The van der Waals surface area contributed by atoms with Gasteiger partial charge in [-0.3, -0.25) is 9.59 Å². The number of aliphatic hydroxyl groups excluding tert-OH is 1. The second-order valence-electron chi connectivity index (χ2n) is 8.10. The van der Waals surface area contributed by atoms with Gasteiger partial charge in [0.05, 0.1) is 12.0 Å². The summed E-state index contributed by atoms with van der Waals surface area (Å²) < 4.78 is 16.2. The minimum atomic E-state index is -1.58. The van der Waals surface area contributed by atoms with E-state index in [9.17, 15) is 24.3 Å². The number of hydrogen-bond acceptors (Lipinski definition) is 8. The van der Waals surface area contributed by atoms with E-state index in [1.807, 2.05) is 0 Å². The van der Waals surface area contributed by atoms with Crippen LogP contribution < -0.4 is 0 Å². The Balaban J connectivity index is 2.55. The first-order chi connectivity index (χ1) is 13.4. The quantitative estimate of drug-likeness (QED) is 0.426. The number of carbonyl (C=O) groups is 4. The van der Waals surface area contributed by atoms with Crippen molar-refractivity contribution < 1.29 is 38.5 Å². The predicted molar refractivity (Wildman–Crippen MR) is 101 cm³/mol. The summed E-state index contributed by atoms with van der Waals surface area (Å²) >= 11 is 0. The molecule has 2 fully saturated rings. The molecule has 0 aromatic rings. The topological polar surface area (TPSA) is 116 Å². The van der Waals surface area contributed by atoms with Crippen molar-refractivity contribution >= 4 is 23.7 Å². The molecule has 6 atom stereocenters. The minimum Gasteiger partial charge on any atom is -0.458 e. The van der Waals surface area contributed by atoms with Gasteiger partial charge in [0.2, 0.25) is 0 Å². The summed E-state index contributed by atoms with van der Waals surface area (Å²) in [7, 11) is 0. The molecule has 0 aromatic carbocycles. The molecule has 8 heteroatoms. The van der Waals surface area contributed by atoms with E-state index in [1.54, 1.807) is 6.92 Å². The van der Waals surface area contributed by atoms with Crippen molar-refractivity contribution in [2.45, 2.75) is 70.9 Å². The van der Waals surface area contributed by atoms with Crippen molar-refractivity contribution in [1.82, 2.24) is 0 Å². The van der Waals surface area contributed by atoms with Gasteiger partial charge in [0.15, 0.2) is 11.4 Å². The first-order valence-electron chi connectivity index (χ1n) is 9.54. The Morgan fingerprint density at radius 2 is 1.90 bits per heavy atom. The van der Waals surface area contributed by atoms with Gasteiger partial charge >= 0.3 is 17.9 Å². The fourth-order valence-corrected chi connectivity index (χ4v) is 3.84. The van der Waals surface area contributed by atoms with Gasteiger partial charge in [-0.2, -0.15) is 0 Å². The molecule has 0 amide bonds. The van der Waals surface area contributed by atoms with Crippen LogP contribution >= 0.6 is 0 Å². The molecule has 0 unspecified atom stereocenters. The predicted octanol–water partition coefficient (Wildman–Crippen LogP) is 1.64. The van der Waals surface area contributed by atoms with Crippen molar-refractivity contribution in [1.29, 1.82) is 0 Å². The largest absolute Gasteiger partial charge is 0.458 e. The van der Waals surface area contributed by atoms with Crippen LogP contribution in [-0.2, 0) is 33.4 Å². The zero-order valence-electron chi connectivity index (χ0n) is 17.2. The number of esters is 3. The van der Waals surface area contributed by atoms with Crippen molar-refractivity contribution in [3.8, 4) is 0 Å². The Bertz CT molecular complexity index is 754. The van der Waals surface area contributed by atoms with E-state index in [0.717, 1.165) is 0 Å². The van der Waals surface area contributed by atoms with E-state index in [2.05, 4.69) is 13.2 Å². The number of Topliss-reactive ketones (excluding diaryl/α,β-unsaturated/α-hetero) is 1. The average molecular weight is 408 g/mol. The van der Waals surface area contributed by atoms with E-state index in [0.29, 0.717) is 6.42 Å². The van der Waals surface area contributed by atoms with Crippen LogP contribution in [0.4, 0.5) is 0 Å². The Morgan fingerprint density at radius 1 is 1.28 bits per heavy atom. The van der Waals surface area contributed by atoms with E-state index < -0.39 is 53.7 Å². The molecular formula is C21H28O8. The molecule has 1 saturated carbocycles. The van der Waals surface area contributed by atoms with E-state index in [-0.39, 0.29) is 29.8 Å². The number of aliphatic hydroxyl groups is 1. The Morgan fingerprint density at radius 3 is 2.45 bits per heavy atom. The Labute approximate surface area is 169 Å². The lowest BCUT2D eigenvalue weighted by atomic mass is 9.76. The van der Waals surface area contributed by atoms with Crippen LogP contribution in [0.1, 0.15) is 47.0 Å². The maximum Gasteiger partial charge on any atom is 0.334 e. The summed E-state index contributed by atoms with van der Waals surface area (Å²) in [6, 6.07) is 0. The minimum absolute atomic E-state index is 0.0268. The van der Waals surface area contributed by atoms with E-state index in [1.165, 1.54) is 20.8 Å². The zero-order chi connectivity index (χ0) is 22.1. The highest BCUT2D eigenvalue weighted by Crippen LogP contribution is 2.40. The van der Waals surface area contributed by atoms with Gasteiger partial charge in [-0.25, -0.2) is 9.59 Å². The van der Waals surface area contributed by atoms with E-state index >= 15 is 0 Å². The number of hydrogen-bond donors (Lipinski definition) is 1. The molecule has 1 aliphatic carbocycles. The molecule has 160 valence electrons. The van der Waals surface area contributed by atoms with Crippen LogP contribution in [0.15, 0.2) is 24.3 Å². The van der Waals surface area contributed by atoms with Gasteiger partial charge < -0.3 is 19.3 Å². The summed E-state index contributed by atoms with van der Waals surface area (Å²) in [6.45, 7) is 13.1. The highest BCUT2D eigenvalue weighted by atomic mass is 16.6. The number of ketones is 1. The molecule has 1 heterocycles. The average Bonchev–Trinajstić information content (AvgIpc) is 2.91. The third-order valence-electron chi connectivity index (χ3n) is 5.56. The first-order valence-corrected chi connectivity index (χ1v) is 9.54. The summed E-state index contributed by atoms with van der Waals surface area (Å²) in [6.07, 6.45) is -3.04. The lowest BCUT2D eigenvalue weighted by Gasteiger charge is -2.38. The Hall–Kier alpha value is -2.48. The lowest BCUT2D eigenvalue weighted by Crippen LogP contribution is -2.50. The van der Waals surface area contributed by atoms with E-state index in [4.69, 9.17) is 14.2 Å². The van der Waals surface area contributed by atoms with Gasteiger partial charge in [0.1, 0.15) is 12.2 Å². The van der Waals surface area contributed by atoms with Gasteiger partial charge in [-0.05, 0) is 26.2 Å². The molecule has 1 aliphatic heterocycles. The highest BCUT2D eigenvalue weighted by molar-refractivity contribution is 5.92. The molecule has 0 aromatic heterocycles. The first kappa shape index (κ1) is 22.8. The second kappa shape index (κ2) is 8.49. The van der Waals surface area contributed by atoms with Crippen molar-refractivity contribution in [3.05, 3.63) is 24.3 Å². The molecule has 8 nitrogen and oxygen atoms in total. The van der Waals surface area contributed by atoms with Crippen LogP contribution in [0.3, 0.4) is 0 Å².